The maximum atomic E-state index is 11.8. The number of rotatable bonds is 4. The minimum atomic E-state index is -0.725. The number of carbonyl (C=O) groups is 2. The third-order valence-corrected chi connectivity index (χ3v) is 3.61. The van der Waals surface area contributed by atoms with E-state index in [1.165, 1.54) is 12.1 Å². The van der Waals surface area contributed by atoms with E-state index >= 15 is 0 Å². The van der Waals surface area contributed by atoms with Gasteiger partial charge in [-0.2, -0.15) is 0 Å². The molecule has 0 aromatic heterocycles. The largest absolute Gasteiger partial charge is 0.508 e. The summed E-state index contributed by atoms with van der Waals surface area (Å²) < 4.78 is 6.05. The van der Waals surface area contributed by atoms with Gasteiger partial charge in [0, 0.05) is 6.07 Å². The van der Waals surface area contributed by atoms with Crippen LogP contribution in [0.4, 0.5) is 0 Å². The third kappa shape index (κ3) is 4.63. The number of benzene rings is 2. The van der Waals surface area contributed by atoms with Gasteiger partial charge in [0.1, 0.15) is 17.2 Å². The zero-order chi connectivity index (χ0) is 17.7. The molecule has 0 aliphatic rings. The van der Waals surface area contributed by atoms with E-state index in [4.69, 9.17) is 4.74 Å². The van der Waals surface area contributed by atoms with Gasteiger partial charge in [0.25, 0.3) is 11.8 Å². The van der Waals surface area contributed by atoms with E-state index in [1.54, 1.807) is 6.07 Å². The molecule has 0 spiro atoms. The average Bonchev–Trinajstić information content (AvgIpc) is 2.51. The molecule has 0 heterocycles. The highest BCUT2D eigenvalue weighted by atomic mass is 79.9. The topological polar surface area (TPSA) is 108 Å². The molecule has 0 unspecified atom stereocenters. The van der Waals surface area contributed by atoms with Gasteiger partial charge in [0.15, 0.2) is 6.61 Å². The summed E-state index contributed by atoms with van der Waals surface area (Å²) in [4.78, 5) is 23.5. The zero-order valence-corrected chi connectivity index (χ0v) is 14.3. The summed E-state index contributed by atoms with van der Waals surface area (Å²) in [7, 11) is 0. The monoisotopic (exact) mass is 394 g/mol. The molecule has 24 heavy (non-hydrogen) atoms. The molecule has 0 atom stereocenters. The molecular weight excluding hydrogens is 380 g/mol. The normalized spacial score (nSPS) is 10.1. The van der Waals surface area contributed by atoms with E-state index in [1.807, 2.05) is 19.1 Å². The van der Waals surface area contributed by atoms with Crippen LogP contribution in [0.25, 0.3) is 0 Å². The smallest absolute Gasteiger partial charge is 0.276 e. The highest BCUT2D eigenvalue weighted by molar-refractivity contribution is 9.10. The summed E-state index contributed by atoms with van der Waals surface area (Å²) in [5, 5.41) is 18.7. The maximum absolute atomic E-state index is 11.8. The molecule has 7 nitrogen and oxygen atoms in total. The quantitative estimate of drug-likeness (QED) is 0.593. The van der Waals surface area contributed by atoms with Crippen molar-refractivity contribution in [2.24, 2.45) is 0 Å². The Balaban J connectivity index is 1.85. The first-order valence-electron chi connectivity index (χ1n) is 6.87. The summed E-state index contributed by atoms with van der Waals surface area (Å²) in [5.41, 5.74) is 5.27. The standard InChI is InChI=1S/C16H15BrN2O5/c1-9-2-5-14(12(17)6-9)24-8-15(22)18-19-16(23)11-4-3-10(20)7-13(11)21/h2-7,20-21H,8H2,1H3,(H,18,22)(H,19,23). The van der Waals surface area contributed by atoms with Crippen molar-refractivity contribution in [1.82, 2.24) is 10.9 Å². The molecule has 0 aliphatic carbocycles. The number of hydrazine groups is 1. The van der Waals surface area contributed by atoms with Gasteiger partial charge in [0.2, 0.25) is 0 Å². The van der Waals surface area contributed by atoms with Crippen molar-refractivity contribution in [3.8, 4) is 17.2 Å². The zero-order valence-electron chi connectivity index (χ0n) is 12.7. The first kappa shape index (κ1) is 17.6. The Kier molecular flexibility index (Phi) is 5.64. The predicted octanol–water partition coefficient (Wildman–Crippen LogP) is 2.01. The summed E-state index contributed by atoms with van der Waals surface area (Å²) >= 11 is 3.33. The van der Waals surface area contributed by atoms with Gasteiger partial charge in [0.05, 0.1) is 10.0 Å². The lowest BCUT2D eigenvalue weighted by Gasteiger charge is -2.11. The number of hydrogen-bond donors (Lipinski definition) is 4. The van der Waals surface area contributed by atoms with Crippen molar-refractivity contribution in [3.05, 3.63) is 52.0 Å². The Morgan fingerprint density at radius 1 is 1.12 bits per heavy atom. The van der Waals surface area contributed by atoms with Crippen LogP contribution in [0.1, 0.15) is 15.9 Å². The van der Waals surface area contributed by atoms with Gasteiger partial charge >= 0.3 is 0 Å². The summed E-state index contributed by atoms with van der Waals surface area (Å²) in [5.74, 6) is -1.38. The number of phenolic OH excluding ortho intramolecular Hbond substituents is 2. The van der Waals surface area contributed by atoms with Crippen LogP contribution in [0.15, 0.2) is 40.9 Å². The van der Waals surface area contributed by atoms with Crippen LogP contribution in [0.2, 0.25) is 0 Å². The number of aromatic hydroxyl groups is 2. The SMILES string of the molecule is Cc1ccc(OCC(=O)NNC(=O)c2ccc(O)cc2O)c(Br)c1. The number of hydrogen-bond acceptors (Lipinski definition) is 5. The Labute approximate surface area is 146 Å². The van der Waals surface area contributed by atoms with Gasteiger partial charge < -0.3 is 14.9 Å². The van der Waals surface area contributed by atoms with Gasteiger partial charge in [-0.15, -0.1) is 0 Å². The lowest BCUT2D eigenvalue weighted by molar-refractivity contribution is -0.123. The fourth-order valence-corrected chi connectivity index (χ4v) is 2.42. The third-order valence-electron chi connectivity index (χ3n) is 2.99. The van der Waals surface area contributed by atoms with E-state index in [-0.39, 0.29) is 17.9 Å². The number of carbonyl (C=O) groups excluding carboxylic acids is 2. The molecule has 0 aliphatic heterocycles. The molecule has 2 aromatic carbocycles. The van der Waals surface area contributed by atoms with Crippen molar-refractivity contribution in [2.45, 2.75) is 6.92 Å². The fraction of sp³-hybridized carbons (Fsp3) is 0.125. The molecule has 126 valence electrons. The number of phenols is 2. The van der Waals surface area contributed by atoms with Gasteiger partial charge in [-0.1, -0.05) is 6.07 Å². The first-order valence-corrected chi connectivity index (χ1v) is 7.66. The molecule has 4 N–H and O–H groups in total. The molecular formula is C16H15BrN2O5. The van der Waals surface area contributed by atoms with Gasteiger partial charge in [-0.05, 0) is 52.7 Å². The van der Waals surface area contributed by atoms with E-state index in [0.717, 1.165) is 11.6 Å². The first-order chi connectivity index (χ1) is 11.4. The van der Waals surface area contributed by atoms with Crippen molar-refractivity contribution < 1.29 is 24.5 Å². The van der Waals surface area contributed by atoms with Gasteiger partial charge in [-0.25, -0.2) is 0 Å². The van der Waals surface area contributed by atoms with Crippen molar-refractivity contribution in [2.75, 3.05) is 6.61 Å². The predicted molar refractivity (Wildman–Crippen MR) is 89.8 cm³/mol. The summed E-state index contributed by atoms with van der Waals surface area (Å²) in [6, 6.07) is 8.91. The van der Waals surface area contributed by atoms with Crippen molar-refractivity contribution in [1.29, 1.82) is 0 Å². The van der Waals surface area contributed by atoms with Crippen LogP contribution < -0.4 is 15.6 Å². The molecule has 0 saturated carbocycles. The lowest BCUT2D eigenvalue weighted by Crippen LogP contribution is -2.43. The minimum Gasteiger partial charge on any atom is -0.508 e. The highest BCUT2D eigenvalue weighted by Crippen LogP contribution is 2.25. The Morgan fingerprint density at radius 3 is 2.54 bits per heavy atom. The van der Waals surface area contributed by atoms with Crippen LogP contribution in [0.3, 0.4) is 0 Å². The molecule has 2 rings (SSSR count). The molecule has 0 saturated heterocycles. The van der Waals surface area contributed by atoms with E-state index < -0.39 is 17.6 Å². The van der Waals surface area contributed by atoms with Crippen LogP contribution in [-0.4, -0.2) is 28.6 Å². The molecule has 0 fully saturated rings. The lowest BCUT2D eigenvalue weighted by atomic mass is 10.2. The van der Waals surface area contributed by atoms with Crippen molar-refractivity contribution in [3.63, 3.8) is 0 Å². The number of nitrogens with one attached hydrogen (secondary N) is 2. The van der Waals surface area contributed by atoms with Crippen LogP contribution in [-0.2, 0) is 4.79 Å². The number of ether oxygens (including phenoxy) is 1. The molecule has 0 bridgehead atoms. The Bertz CT molecular complexity index is 779. The second kappa shape index (κ2) is 7.69. The molecule has 2 amide bonds. The van der Waals surface area contributed by atoms with Crippen molar-refractivity contribution >= 4 is 27.7 Å². The van der Waals surface area contributed by atoms with Gasteiger partial charge in [-0.3, -0.25) is 20.4 Å². The number of halogens is 1. The molecule has 2 aromatic rings. The van der Waals surface area contributed by atoms with E-state index in [9.17, 15) is 19.8 Å². The summed E-state index contributed by atoms with van der Waals surface area (Å²) in [6.07, 6.45) is 0. The number of amides is 2. The van der Waals surface area contributed by atoms with Crippen LogP contribution >= 0.6 is 15.9 Å². The van der Waals surface area contributed by atoms with E-state index in [2.05, 4.69) is 26.8 Å². The fourth-order valence-electron chi connectivity index (χ4n) is 1.81. The molecule has 0 radical (unpaired) electrons. The maximum Gasteiger partial charge on any atom is 0.276 e. The van der Waals surface area contributed by atoms with Crippen LogP contribution in [0.5, 0.6) is 17.2 Å². The average molecular weight is 395 g/mol. The second-order valence-electron chi connectivity index (χ2n) is 4.93. The molecule has 8 heteroatoms. The Hall–Kier alpha value is -2.74. The highest BCUT2D eigenvalue weighted by Gasteiger charge is 2.13. The van der Waals surface area contributed by atoms with E-state index in [0.29, 0.717) is 10.2 Å². The minimum absolute atomic E-state index is 0.0877. The number of aryl methyl sites for hydroxylation is 1. The Morgan fingerprint density at radius 2 is 1.88 bits per heavy atom. The second-order valence-corrected chi connectivity index (χ2v) is 5.78. The summed E-state index contributed by atoms with van der Waals surface area (Å²) in [6.45, 7) is 1.62. The van der Waals surface area contributed by atoms with Crippen LogP contribution in [0, 0.1) is 6.92 Å².